The van der Waals surface area contributed by atoms with Crippen LogP contribution in [0.4, 0.5) is 0 Å². The normalized spacial score (nSPS) is 5.00. The molecule has 0 aliphatic heterocycles. The first kappa shape index (κ1) is 4.62. The average Bonchev–Trinajstić information content (AvgIpc) is 1.41. The Bertz CT molecular complexity index is 55.8. The molecule has 0 spiro atoms. The second kappa shape index (κ2) is 3.62. The summed E-state index contributed by atoms with van der Waals surface area (Å²) in [6, 6.07) is 0. The van der Waals surface area contributed by atoms with E-state index in [0.29, 0.717) is 0 Å². The lowest BCUT2D eigenvalue weighted by Crippen LogP contribution is -1.52. The minimum atomic E-state index is 0.983. The molecule has 0 aromatic carbocycles. The van der Waals surface area contributed by atoms with Gasteiger partial charge in [-0.3, -0.25) is 0 Å². The molecule has 0 nitrogen and oxygen atoms in total. The van der Waals surface area contributed by atoms with E-state index in [1.807, 2.05) is 14.8 Å². The molecule has 0 rings (SSSR count). The van der Waals surface area contributed by atoms with Crippen LogP contribution in [0.25, 0.3) is 0 Å². The van der Waals surface area contributed by atoms with Crippen molar-refractivity contribution in [3.8, 4) is 11.8 Å². The summed E-state index contributed by atoms with van der Waals surface area (Å²) in [5.41, 5.74) is 0. The molecule has 0 N–H and O–H groups in total. The lowest BCUT2D eigenvalue weighted by atomic mass is 10.1. The minimum absolute atomic E-state index is 0.983. The standard InChI is InChI=1S/C4H7B/c1-2-3-4-5/h4-5H2,1H3. The van der Waals surface area contributed by atoms with Gasteiger partial charge < -0.3 is 0 Å². The Morgan fingerprint density at radius 1 is 1.80 bits per heavy atom. The molecule has 0 aliphatic carbocycles. The van der Waals surface area contributed by atoms with Crippen molar-refractivity contribution < 1.29 is 0 Å². The van der Waals surface area contributed by atoms with Crippen molar-refractivity contribution in [1.29, 1.82) is 0 Å². The Hall–Kier alpha value is -0.375. The Balaban J connectivity index is 2.81. The van der Waals surface area contributed by atoms with E-state index in [-0.39, 0.29) is 0 Å². The first-order chi connectivity index (χ1) is 2.41. The molecule has 0 radical (unpaired) electrons. The summed E-state index contributed by atoms with van der Waals surface area (Å²) < 4.78 is 0. The summed E-state index contributed by atoms with van der Waals surface area (Å²) in [5, 5.41) is 0. The first-order valence-corrected chi connectivity index (χ1v) is 1.81. The van der Waals surface area contributed by atoms with Crippen molar-refractivity contribution in [1.82, 2.24) is 0 Å². The molecule has 0 fully saturated rings. The quantitative estimate of drug-likeness (QED) is 0.277. The Morgan fingerprint density at radius 2 is 2.40 bits per heavy atom. The van der Waals surface area contributed by atoms with Gasteiger partial charge in [0.05, 0.1) is 0 Å². The molecule has 0 amide bonds. The topological polar surface area (TPSA) is 0 Å². The molecule has 0 heterocycles. The van der Waals surface area contributed by atoms with Gasteiger partial charge in [0.1, 0.15) is 7.85 Å². The fraction of sp³-hybridized carbons (Fsp3) is 0.500. The fourth-order valence-corrected chi connectivity index (χ4v) is 0.177. The van der Waals surface area contributed by atoms with E-state index in [1.54, 1.807) is 0 Å². The van der Waals surface area contributed by atoms with Crippen molar-refractivity contribution in [3.63, 3.8) is 0 Å². The number of rotatable bonds is 0. The summed E-state index contributed by atoms with van der Waals surface area (Å²) in [6.07, 6.45) is 0.983. The van der Waals surface area contributed by atoms with Crippen LogP contribution in [0.3, 0.4) is 0 Å². The Kier molecular flexibility index (Phi) is 3.35. The van der Waals surface area contributed by atoms with Crippen LogP contribution in [0, 0.1) is 11.8 Å². The predicted octanol–water partition coefficient (Wildman–Crippen LogP) is 0.0611. The molecule has 0 aliphatic rings. The van der Waals surface area contributed by atoms with Gasteiger partial charge in [-0.2, -0.15) is 0 Å². The van der Waals surface area contributed by atoms with Gasteiger partial charge in [0.15, 0.2) is 0 Å². The van der Waals surface area contributed by atoms with Gasteiger partial charge in [-0.15, -0.1) is 11.8 Å². The lowest BCUT2D eigenvalue weighted by molar-refractivity contribution is 1.80. The second-order valence-electron chi connectivity index (χ2n) is 0.780. The number of hydrogen-bond donors (Lipinski definition) is 0. The van der Waals surface area contributed by atoms with Crippen LogP contribution in [0.5, 0.6) is 0 Å². The Morgan fingerprint density at radius 3 is 2.40 bits per heavy atom. The van der Waals surface area contributed by atoms with Crippen LogP contribution in [-0.2, 0) is 0 Å². The lowest BCUT2D eigenvalue weighted by Gasteiger charge is -1.57. The predicted molar refractivity (Wildman–Crippen MR) is 26.8 cm³/mol. The summed E-state index contributed by atoms with van der Waals surface area (Å²) in [4.78, 5) is 0. The molecular weight excluding hydrogens is 58.9 g/mol. The van der Waals surface area contributed by atoms with Gasteiger partial charge >= 0.3 is 0 Å². The van der Waals surface area contributed by atoms with E-state index < -0.39 is 0 Å². The maximum atomic E-state index is 2.86. The third-order valence-electron chi connectivity index (χ3n) is 0.354. The zero-order chi connectivity index (χ0) is 4.12. The zero-order valence-corrected chi connectivity index (χ0v) is 3.71. The molecular formula is C4H7B. The molecule has 5 heavy (non-hydrogen) atoms. The summed E-state index contributed by atoms with van der Waals surface area (Å²) >= 11 is 0. The van der Waals surface area contributed by atoms with Crippen LogP contribution in [-0.4, -0.2) is 7.85 Å². The SMILES string of the molecule is BCC#CC. The first-order valence-electron chi connectivity index (χ1n) is 1.81. The fourth-order valence-electron chi connectivity index (χ4n) is 0.177. The monoisotopic (exact) mass is 66.1 g/mol. The van der Waals surface area contributed by atoms with Crippen molar-refractivity contribution >= 4 is 7.85 Å². The van der Waals surface area contributed by atoms with Crippen LogP contribution in [0.15, 0.2) is 0 Å². The minimum Gasteiger partial charge on any atom is -0.112 e. The largest absolute Gasteiger partial charge is 0.116 e. The highest BCUT2D eigenvalue weighted by atomic mass is 13.4. The highest BCUT2D eigenvalue weighted by molar-refractivity contribution is 6.10. The van der Waals surface area contributed by atoms with Gasteiger partial charge in [-0.05, 0) is 13.2 Å². The molecule has 26 valence electrons. The average molecular weight is 65.9 g/mol. The summed E-state index contributed by atoms with van der Waals surface area (Å²) in [6.45, 7) is 1.85. The van der Waals surface area contributed by atoms with Gasteiger partial charge in [-0.25, -0.2) is 0 Å². The van der Waals surface area contributed by atoms with Crippen LogP contribution in [0.2, 0.25) is 6.32 Å². The van der Waals surface area contributed by atoms with Gasteiger partial charge in [0.25, 0.3) is 0 Å². The third-order valence-corrected chi connectivity index (χ3v) is 0.354. The molecule has 0 aromatic heterocycles. The molecule has 0 saturated carbocycles. The van der Waals surface area contributed by atoms with E-state index in [1.165, 1.54) is 0 Å². The molecule has 0 saturated heterocycles. The van der Waals surface area contributed by atoms with Crippen LogP contribution in [0.1, 0.15) is 6.92 Å². The maximum absolute atomic E-state index is 2.86. The van der Waals surface area contributed by atoms with E-state index in [2.05, 4.69) is 11.8 Å². The van der Waals surface area contributed by atoms with Gasteiger partial charge in [0.2, 0.25) is 0 Å². The van der Waals surface area contributed by atoms with Crippen molar-refractivity contribution in [3.05, 3.63) is 0 Å². The van der Waals surface area contributed by atoms with Gasteiger partial charge in [0, 0.05) is 0 Å². The van der Waals surface area contributed by atoms with Crippen molar-refractivity contribution in [2.45, 2.75) is 13.2 Å². The zero-order valence-electron chi connectivity index (χ0n) is 3.71. The molecule has 0 bridgehead atoms. The Labute approximate surface area is 34.0 Å². The van der Waals surface area contributed by atoms with E-state index in [4.69, 9.17) is 0 Å². The van der Waals surface area contributed by atoms with E-state index in [9.17, 15) is 0 Å². The van der Waals surface area contributed by atoms with E-state index in [0.717, 1.165) is 6.32 Å². The van der Waals surface area contributed by atoms with Gasteiger partial charge in [-0.1, -0.05) is 0 Å². The van der Waals surface area contributed by atoms with Crippen molar-refractivity contribution in [2.75, 3.05) is 0 Å². The maximum Gasteiger partial charge on any atom is 0.116 e. The van der Waals surface area contributed by atoms with E-state index >= 15 is 0 Å². The highest BCUT2D eigenvalue weighted by Crippen LogP contribution is 1.57. The molecule has 0 unspecified atom stereocenters. The smallest absolute Gasteiger partial charge is 0.112 e. The van der Waals surface area contributed by atoms with Crippen LogP contribution < -0.4 is 0 Å². The highest BCUT2D eigenvalue weighted by Gasteiger charge is 1.50. The van der Waals surface area contributed by atoms with Crippen LogP contribution >= 0.6 is 0 Å². The second-order valence-corrected chi connectivity index (χ2v) is 0.780. The summed E-state index contributed by atoms with van der Waals surface area (Å²) in [7, 11) is 2.04. The number of hydrogen-bond acceptors (Lipinski definition) is 0. The third kappa shape index (κ3) is 3.62. The van der Waals surface area contributed by atoms with Crippen molar-refractivity contribution in [2.24, 2.45) is 0 Å². The molecule has 0 atom stereocenters. The molecule has 0 aromatic rings. The summed E-state index contributed by atoms with van der Waals surface area (Å²) in [5.74, 6) is 5.63. The molecule has 1 heteroatoms.